The van der Waals surface area contributed by atoms with Crippen LogP contribution in [0.1, 0.15) is 48.0 Å². The third-order valence-electron chi connectivity index (χ3n) is 4.55. The van der Waals surface area contributed by atoms with Crippen LogP contribution >= 0.6 is 0 Å². The van der Waals surface area contributed by atoms with E-state index in [-0.39, 0.29) is 16.7 Å². The number of carboxylic acids is 1. The van der Waals surface area contributed by atoms with Crippen molar-refractivity contribution < 1.29 is 14.3 Å². The summed E-state index contributed by atoms with van der Waals surface area (Å²) in [5, 5.41) is 17.3. The van der Waals surface area contributed by atoms with Crippen LogP contribution in [0.2, 0.25) is 0 Å². The maximum absolute atomic E-state index is 13.8. The summed E-state index contributed by atoms with van der Waals surface area (Å²) >= 11 is 0. The normalized spacial score (nSPS) is 11.5. The van der Waals surface area contributed by atoms with Crippen molar-refractivity contribution in [1.29, 1.82) is 0 Å². The molecule has 0 spiro atoms. The molecule has 0 unspecified atom stereocenters. The molecule has 0 aliphatic rings. The number of aromatic nitrogens is 2. The van der Waals surface area contributed by atoms with E-state index in [9.17, 15) is 14.3 Å². The summed E-state index contributed by atoms with van der Waals surface area (Å²) in [6, 6.07) is 11.5. The first-order valence-electron chi connectivity index (χ1n) is 9.04. The number of nitrogens with zero attached hydrogens (tertiary/aromatic N) is 2. The molecule has 2 aromatic carbocycles. The molecule has 0 fully saturated rings. The molecule has 0 aliphatic heterocycles. The van der Waals surface area contributed by atoms with Crippen LogP contribution in [0.5, 0.6) is 0 Å². The van der Waals surface area contributed by atoms with E-state index < -0.39 is 11.8 Å². The predicted octanol–water partition coefficient (Wildman–Crippen LogP) is 5.37. The predicted molar refractivity (Wildman–Crippen MR) is 108 cm³/mol. The van der Waals surface area contributed by atoms with Gasteiger partial charge >= 0.3 is 5.97 Å². The zero-order valence-electron chi connectivity index (χ0n) is 16.7. The highest BCUT2D eigenvalue weighted by atomic mass is 19.1. The molecule has 1 heterocycles. The monoisotopic (exact) mass is 381 g/mol. The van der Waals surface area contributed by atoms with Crippen molar-refractivity contribution in [3.05, 3.63) is 70.7 Å². The molecule has 2 N–H and O–H groups in total. The molecule has 0 atom stereocenters. The Morgan fingerprint density at radius 3 is 2.46 bits per heavy atom. The molecular weight excluding hydrogens is 357 g/mol. The quantitative estimate of drug-likeness (QED) is 0.638. The summed E-state index contributed by atoms with van der Waals surface area (Å²) in [4.78, 5) is 11.6. The molecule has 0 saturated heterocycles. The molecule has 3 aromatic rings. The minimum atomic E-state index is -1.13. The Kier molecular flexibility index (Phi) is 4.98. The number of rotatable bonds is 4. The molecule has 0 saturated carbocycles. The van der Waals surface area contributed by atoms with Gasteiger partial charge in [-0.2, -0.15) is 5.10 Å². The Bertz CT molecular complexity index is 1050. The van der Waals surface area contributed by atoms with Crippen molar-refractivity contribution in [1.82, 2.24) is 9.78 Å². The van der Waals surface area contributed by atoms with E-state index >= 15 is 0 Å². The van der Waals surface area contributed by atoms with E-state index in [4.69, 9.17) is 5.10 Å². The largest absolute Gasteiger partial charge is 0.478 e. The number of hydrogen-bond donors (Lipinski definition) is 2. The summed E-state index contributed by atoms with van der Waals surface area (Å²) in [5.74, 6) is -1.07. The lowest BCUT2D eigenvalue weighted by molar-refractivity contribution is 0.0698. The highest BCUT2D eigenvalue weighted by Crippen LogP contribution is 2.30. The van der Waals surface area contributed by atoms with Gasteiger partial charge in [-0.25, -0.2) is 13.9 Å². The van der Waals surface area contributed by atoms with E-state index in [1.54, 1.807) is 4.68 Å². The topological polar surface area (TPSA) is 67.2 Å². The Hall–Kier alpha value is -3.15. The smallest absolute Gasteiger partial charge is 0.337 e. The Balaban J connectivity index is 2.19. The van der Waals surface area contributed by atoms with Gasteiger partial charge in [0.2, 0.25) is 0 Å². The fourth-order valence-electron chi connectivity index (χ4n) is 2.91. The third-order valence-corrected chi connectivity index (χ3v) is 4.55. The second kappa shape index (κ2) is 7.11. The Labute approximate surface area is 163 Å². The van der Waals surface area contributed by atoms with Crippen LogP contribution in [0.4, 0.5) is 15.9 Å². The highest BCUT2D eigenvalue weighted by molar-refractivity contribution is 5.95. The Morgan fingerprint density at radius 1 is 1.11 bits per heavy atom. The van der Waals surface area contributed by atoms with Gasteiger partial charge in [0.05, 0.1) is 22.6 Å². The lowest BCUT2D eigenvalue weighted by Crippen LogP contribution is -2.13. The number of nitrogens with one attached hydrogen (secondary N) is 1. The van der Waals surface area contributed by atoms with Crippen molar-refractivity contribution >= 4 is 17.5 Å². The first-order valence-corrected chi connectivity index (χ1v) is 9.04. The molecule has 0 radical (unpaired) electrons. The van der Waals surface area contributed by atoms with Crippen LogP contribution in [0.15, 0.2) is 42.5 Å². The molecule has 28 heavy (non-hydrogen) atoms. The molecule has 1 aromatic heterocycles. The van der Waals surface area contributed by atoms with E-state index in [0.29, 0.717) is 5.82 Å². The van der Waals surface area contributed by atoms with Gasteiger partial charge in [-0.05, 0) is 49.2 Å². The number of hydrogen-bond acceptors (Lipinski definition) is 3. The summed E-state index contributed by atoms with van der Waals surface area (Å²) < 4.78 is 15.5. The van der Waals surface area contributed by atoms with Crippen LogP contribution < -0.4 is 5.32 Å². The minimum Gasteiger partial charge on any atom is -0.478 e. The average molecular weight is 381 g/mol. The highest BCUT2D eigenvalue weighted by Gasteiger charge is 2.22. The van der Waals surface area contributed by atoms with Crippen LogP contribution in [-0.4, -0.2) is 20.9 Å². The summed E-state index contributed by atoms with van der Waals surface area (Å²) in [5.41, 5.74) is 3.78. The second-order valence-corrected chi connectivity index (χ2v) is 7.99. The van der Waals surface area contributed by atoms with E-state index in [2.05, 4.69) is 26.1 Å². The zero-order chi connectivity index (χ0) is 20.6. The second-order valence-electron chi connectivity index (χ2n) is 7.99. The van der Waals surface area contributed by atoms with Crippen molar-refractivity contribution in [3.8, 4) is 5.69 Å². The molecule has 6 heteroatoms. The lowest BCUT2D eigenvalue weighted by atomic mass is 9.92. The van der Waals surface area contributed by atoms with E-state index in [1.807, 2.05) is 38.1 Å². The van der Waals surface area contributed by atoms with Gasteiger partial charge in [-0.1, -0.05) is 32.9 Å². The Morgan fingerprint density at radius 2 is 1.82 bits per heavy atom. The van der Waals surface area contributed by atoms with Crippen LogP contribution in [0.25, 0.3) is 5.69 Å². The van der Waals surface area contributed by atoms with Gasteiger partial charge < -0.3 is 10.4 Å². The SMILES string of the molecule is Cc1ccc(C)c(-n2nc(C(C)(C)C)cc2Nc2cc(F)ccc2C(=O)O)c1. The maximum Gasteiger partial charge on any atom is 0.337 e. The molecule has 146 valence electrons. The molecule has 3 rings (SSSR count). The average Bonchev–Trinajstić information content (AvgIpc) is 3.01. The number of carboxylic acid groups (broad SMARTS) is 1. The third kappa shape index (κ3) is 3.91. The van der Waals surface area contributed by atoms with E-state index in [1.165, 1.54) is 12.1 Å². The fraction of sp³-hybridized carbons (Fsp3) is 0.273. The van der Waals surface area contributed by atoms with Gasteiger partial charge in [-0.15, -0.1) is 0 Å². The summed E-state index contributed by atoms with van der Waals surface area (Å²) in [6.45, 7) is 10.1. The number of aromatic carboxylic acids is 1. The van der Waals surface area contributed by atoms with Gasteiger partial charge in [0.25, 0.3) is 0 Å². The summed E-state index contributed by atoms with van der Waals surface area (Å²) in [6.07, 6.45) is 0. The minimum absolute atomic E-state index is 0.00702. The maximum atomic E-state index is 13.8. The molecule has 0 bridgehead atoms. The van der Waals surface area contributed by atoms with Crippen LogP contribution in [0, 0.1) is 19.7 Å². The first kappa shape index (κ1) is 19.6. The number of carbonyl (C=O) groups is 1. The molecule has 0 aliphatic carbocycles. The number of aryl methyl sites for hydroxylation is 2. The first-order chi connectivity index (χ1) is 13.1. The van der Waals surface area contributed by atoms with Gasteiger partial charge in [0.15, 0.2) is 0 Å². The van der Waals surface area contributed by atoms with Crippen LogP contribution in [0.3, 0.4) is 0 Å². The van der Waals surface area contributed by atoms with Crippen molar-refractivity contribution in [2.45, 2.75) is 40.0 Å². The number of benzene rings is 2. The van der Waals surface area contributed by atoms with Gasteiger partial charge in [0, 0.05) is 11.5 Å². The number of halogens is 1. The summed E-state index contributed by atoms with van der Waals surface area (Å²) in [7, 11) is 0. The van der Waals surface area contributed by atoms with Crippen molar-refractivity contribution in [2.24, 2.45) is 0 Å². The van der Waals surface area contributed by atoms with Crippen LogP contribution in [-0.2, 0) is 5.41 Å². The number of anilines is 2. The van der Waals surface area contributed by atoms with Crippen molar-refractivity contribution in [3.63, 3.8) is 0 Å². The fourth-order valence-corrected chi connectivity index (χ4v) is 2.91. The molecular formula is C22H24FN3O2. The van der Waals surface area contributed by atoms with E-state index in [0.717, 1.165) is 28.6 Å². The zero-order valence-corrected chi connectivity index (χ0v) is 16.7. The van der Waals surface area contributed by atoms with Crippen molar-refractivity contribution in [2.75, 3.05) is 5.32 Å². The van der Waals surface area contributed by atoms with Gasteiger partial charge in [0.1, 0.15) is 11.6 Å². The molecule has 5 nitrogen and oxygen atoms in total. The van der Waals surface area contributed by atoms with Gasteiger partial charge in [-0.3, -0.25) is 0 Å². The lowest BCUT2D eigenvalue weighted by Gasteiger charge is -2.15. The molecule has 0 amide bonds. The standard InChI is InChI=1S/C22H24FN3O2/c1-13-6-7-14(2)18(10-13)26-20(12-19(25-26)22(3,4)5)24-17-11-15(23)8-9-16(17)21(27)28/h6-12,24H,1-5H3,(H,27,28).